The molecule has 1 aromatic carbocycles. The summed E-state index contributed by atoms with van der Waals surface area (Å²) in [6.07, 6.45) is -0.604. The van der Waals surface area contributed by atoms with Gasteiger partial charge in [0.25, 0.3) is 5.91 Å². The molecule has 4 N–H and O–H groups in total. The number of nitrogens with one attached hydrogen (secondary N) is 4. The zero-order valence-corrected chi connectivity index (χ0v) is 18.0. The summed E-state index contributed by atoms with van der Waals surface area (Å²) in [7, 11) is 0. The predicted octanol–water partition coefficient (Wildman–Crippen LogP) is 3.87. The first-order chi connectivity index (χ1) is 15.8. The van der Waals surface area contributed by atoms with Gasteiger partial charge in [-0.1, -0.05) is 0 Å². The Balaban J connectivity index is 1.39. The number of aromatic nitrogens is 2. The van der Waals surface area contributed by atoms with Gasteiger partial charge in [-0.05, 0) is 30.7 Å². The lowest BCUT2D eigenvalue weighted by atomic mass is 10.2. The van der Waals surface area contributed by atoms with Crippen LogP contribution in [-0.4, -0.2) is 34.7 Å². The number of hydrogen-bond donors (Lipinski definition) is 4. The molecule has 0 saturated carbocycles. The number of amides is 3. The molecule has 3 aromatic rings. The highest BCUT2D eigenvalue weighted by Crippen LogP contribution is 2.42. The maximum Gasteiger partial charge on any atom is 0.586 e. The number of alkyl halides is 2. The van der Waals surface area contributed by atoms with Crippen molar-refractivity contribution in [3.63, 3.8) is 0 Å². The minimum Gasteiger partial charge on any atom is -0.395 e. The quantitative estimate of drug-likeness (QED) is 0.408. The molecule has 0 bridgehead atoms. The van der Waals surface area contributed by atoms with Gasteiger partial charge in [0.2, 0.25) is 0 Å². The van der Waals surface area contributed by atoms with Crippen molar-refractivity contribution in [2.75, 3.05) is 22.5 Å². The number of thiazole rings is 1. The number of pyridine rings is 1. The molecule has 0 spiro atoms. The van der Waals surface area contributed by atoms with E-state index in [0.717, 1.165) is 16.9 Å². The van der Waals surface area contributed by atoms with Gasteiger partial charge in [0, 0.05) is 31.0 Å². The molecule has 0 fully saturated rings. The van der Waals surface area contributed by atoms with Crippen LogP contribution in [-0.2, 0) is 6.54 Å². The molecule has 10 nitrogen and oxygen atoms in total. The van der Waals surface area contributed by atoms with E-state index in [1.54, 1.807) is 12.3 Å². The Morgan fingerprint density at radius 1 is 1.09 bits per heavy atom. The van der Waals surface area contributed by atoms with Crippen LogP contribution in [0.5, 0.6) is 11.5 Å². The van der Waals surface area contributed by atoms with Crippen LogP contribution in [0.25, 0.3) is 0 Å². The van der Waals surface area contributed by atoms with Crippen LogP contribution >= 0.6 is 11.3 Å². The molecule has 0 atom stereocenters. The van der Waals surface area contributed by atoms with Crippen molar-refractivity contribution in [3.8, 4) is 11.5 Å². The van der Waals surface area contributed by atoms with Gasteiger partial charge in [0.05, 0.1) is 17.4 Å². The number of hydrogen-bond acceptors (Lipinski definition) is 8. The molecule has 0 aliphatic carbocycles. The van der Waals surface area contributed by atoms with Gasteiger partial charge in [-0.3, -0.25) is 9.78 Å². The smallest absolute Gasteiger partial charge is 0.395 e. The van der Waals surface area contributed by atoms with Gasteiger partial charge in [0.1, 0.15) is 10.7 Å². The van der Waals surface area contributed by atoms with Crippen LogP contribution in [0.3, 0.4) is 0 Å². The first kappa shape index (κ1) is 22.2. The Kier molecular flexibility index (Phi) is 6.22. The SMILES string of the molecule is CCNC(=O)Nc1cncc(CNc2ncsc2C(=O)Nc2ccc3c(c2)OC(F)(F)O3)c1. The summed E-state index contributed by atoms with van der Waals surface area (Å²) >= 11 is 1.11. The number of carbonyl (C=O) groups is 2. The van der Waals surface area contributed by atoms with E-state index in [0.29, 0.717) is 29.5 Å². The number of benzene rings is 1. The summed E-state index contributed by atoms with van der Waals surface area (Å²) in [5, 5.41) is 11.0. The average Bonchev–Trinajstić information content (AvgIpc) is 3.35. The molecule has 172 valence electrons. The van der Waals surface area contributed by atoms with Gasteiger partial charge in [-0.15, -0.1) is 20.1 Å². The molecule has 3 amide bonds. The number of anilines is 3. The Morgan fingerprint density at radius 3 is 2.73 bits per heavy atom. The summed E-state index contributed by atoms with van der Waals surface area (Å²) in [5.74, 6) is -0.424. The number of rotatable bonds is 7. The van der Waals surface area contributed by atoms with Gasteiger partial charge in [0.15, 0.2) is 11.5 Å². The number of halogens is 2. The maximum absolute atomic E-state index is 13.2. The van der Waals surface area contributed by atoms with Crippen LogP contribution in [0, 0.1) is 0 Å². The van der Waals surface area contributed by atoms with Crippen molar-refractivity contribution in [3.05, 3.63) is 52.6 Å². The number of ether oxygens (including phenoxy) is 2. The number of carbonyl (C=O) groups excluding carboxylic acids is 2. The molecular weight excluding hydrogens is 458 g/mol. The summed E-state index contributed by atoms with van der Waals surface area (Å²) in [6, 6.07) is 5.36. The summed E-state index contributed by atoms with van der Waals surface area (Å²) in [5.41, 5.74) is 3.03. The second-order valence-electron chi connectivity index (χ2n) is 6.73. The normalized spacial score (nSPS) is 13.3. The molecule has 0 unspecified atom stereocenters. The third-order valence-corrected chi connectivity index (χ3v) is 5.11. The van der Waals surface area contributed by atoms with E-state index in [1.165, 1.54) is 29.9 Å². The maximum atomic E-state index is 13.2. The molecule has 3 heterocycles. The van der Waals surface area contributed by atoms with E-state index < -0.39 is 12.2 Å². The van der Waals surface area contributed by atoms with Crippen LogP contribution in [0.15, 0.2) is 42.2 Å². The highest BCUT2D eigenvalue weighted by Gasteiger charge is 2.43. The summed E-state index contributed by atoms with van der Waals surface area (Å²) in [4.78, 5) is 32.9. The average molecular weight is 476 g/mol. The van der Waals surface area contributed by atoms with Crippen molar-refractivity contribution in [2.45, 2.75) is 19.8 Å². The zero-order valence-electron chi connectivity index (χ0n) is 17.1. The number of nitrogens with zero attached hydrogens (tertiary/aromatic N) is 2. The van der Waals surface area contributed by atoms with E-state index in [1.807, 2.05) is 6.92 Å². The van der Waals surface area contributed by atoms with Crippen molar-refractivity contribution in [2.24, 2.45) is 0 Å². The lowest BCUT2D eigenvalue weighted by molar-refractivity contribution is -0.286. The van der Waals surface area contributed by atoms with E-state index in [2.05, 4.69) is 40.7 Å². The topological polar surface area (TPSA) is 126 Å². The lowest BCUT2D eigenvalue weighted by Crippen LogP contribution is -2.28. The standard InChI is InChI=1S/C20H18F2N6O4S/c1-2-24-19(30)28-13-5-11(7-23-9-13)8-25-17-16(33-10-26-17)18(29)27-12-3-4-14-15(6-12)32-20(21,22)31-14/h3-7,9-10,25H,2,8H2,1H3,(H,27,29)(H2,24,28,30). The van der Waals surface area contributed by atoms with E-state index in [4.69, 9.17) is 0 Å². The second-order valence-corrected chi connectivity index (χ2v) is 7.59. The molecule has 0 radical (unpaired) electrons. The molecule has 4 rings (SSSR count). The highest BCUT2D eigenvalue weighted by atomic mass is 32.1. The first-order valence-corrected chi connectivity index (χ1v) is 10.6. The third-order valence-electron chi connectivity index (χ3n) is 4.28. The van der Waals surface area contributed by atoms with E-state index in [-0.39, 0.29) is 23.2 Å². The Bertz CT molecular complexity index is 1190. The van der Waals surface area contributed by atoms with E-state index >= 15 is 0 Å². The van der Waals surface area contributed by atoms with Crippen molar-refractivity contribution in [1.82, 2.24) is 15.3 Å². The minimum absolute atomic E-state index is 0.115. The van der Waals surface area contributed by atoms with Crippen molar-refractivity contribution < 1.29 is 27.8 Å². The summed E-state index contributed by atoms with van der Waals surface area (Å²) < 4.78 is 35.1. The minimum atomic E-state index is -3.73. The number of urea groups is 1. The molecule has 0 saturated heterocycles. The number of fused-ring (bicyclic) bond motifs is 1. The zero-order chi connectivity index (χ0) is 23.4. The van der Waals surface area contributed by atoms with Crippen LogP contribution in [0.2, 0.25) is 0 Å². The van der Waals surface area contributed by atoms with Crippen LogP contribution in [0.4, 0.5) is 30.8 Å². The van der Waals surface area contributed by atoms with Gasteiger partial charge >= 0.3 is 12.3 Å². The molecule has 33 heavy (non-hydrogen) atoms. The molecule has 13 heteroatoms. The fourth-order valence-corrected chi connectivity index (χ4v) is 3.58. The van der Waals surface area contributed by atoms with Crippen LogP contribution in [0.1, 0.15) is 22.2 Å². The third kappa shape index (κ3) is 5.44. The molecule has 1 aliphatic rings. The van der Waals surface area contributed by atoms with Gasteiger partial charge in [-0.25, -0.2) is 9.78 Å². The van der Waals surface area contributed by atoms with E-state index in [9.17, 15) is 18.4 Å². The van der Waals surface area contributed by atoms with Gasteiger partial charge < -0.3 is 30.7 Å². The lowest BCUT2D eigenvalue weighted by Gasteiger charge is -2.09. The Labute approximate surface area is 190 Å². The van der Waals surface area contributed by atoms with Crippen molar-refractivity contribution >= 4 is 40.5 Å². The predicted molar refractivity (Wildman–Crippen MR) is 117 cm³/mol. The highest BCUT2D eigenvalue weighted by molar-refractivity contribution is 7.12. The second kappa shape index (κ2) is 9.24. The fraction of sp³-hybridized carbons (Fsp3) is 0.200. The largest absolute Gasteiger partial charge is 0.586 e. The fourth-order valence-electron chi connectivity index (χ4n) is 2.92. The summed E-state index contributed by atoms with van der Waals surface area (Å²) in [6.45, 7) is 2.60. The Hall–Kier alpha value is -4.00. The monoisotopic (exact) mass is 476 g/mol. The molecule has 1 aliphatic heterocycles. The van der Waals surface area contributed by atoms with Crippen molar-refractivity contribution in [1.29, 1.82) is 0 Å². The van der Waals surface area contributed by atoms with Gasteiger partial charge in [-0.2, -0.15) is 0 Å². The first-order valence-electron chi connectivity index (χ1n) is 9.70. The molecule has 2 aromatic heterocycles. The Morgan fingerprint density at radius 2 is 1.91 bits per heavy atom. The van der Waals surface area contributed by atoms with Crippen LogP contribution < -0.4 is 30.7 Å². The molecular formula is C20H18F2N6O4S.